The smallest absolute Gasteiger partial charge is 0.0423 e. The molecule has 0 unspecified atom stereocenters. The highest BCUT2D eigenvalue weighted by molar-refractivity contribution is 9.10. The molecule has 1 saturated heterocycles. The predicted molar refractivity (Wildman–Crippen MR) is 85.7 cm³/mol. The highest BCUT2D eigenvalue weighted by Crippen LogP contribution is 2.34. The summed E-state index contributed by atoms with van der Waals surface area (Å²) < 4.78 is 1.51. The molecule has 0 bridgehead atoms. The maximum absolute atomic E-state index is 3.59. The van der Waals surface area contributed by atoms with Gasteiger partial charge in [0.25, 0.3) is 0 Å². The molecule has 18 heavy (non-hydrogen) atoms. The van der Waals surface area contributed by atoms with E-state index in [1.165, 1.54) is 17.0 Å². The van der Waals surface area contributed by atoms with Crippen LogP contribution in [-0.4, -0.2) is 30.6 Å². The normalized spacial score (nSPS) is 19.0. The number of nitrogens with one attached hydrogen (secondary N) is 1. The second-order valence-electron chi connectivity index (χ2n) is 5.33. The average Bonchev–Trinajstić information content (AvgIpc) is 2.30. The molecule has 2 rings (SSSR count). The zero-order valence-corrected chi connectivity index (χ0v) is 13.7. The summed E-state index contributed by atoms with van der Waals surface area (Å²) in [5, 5.41) is 3.26. The second kappa shape index (κ2) is 5.85. The van der Waals surface area contributed by atoms with E-state index < -0.39 is 0 Å². The quantitative estimate of drug-likeness (QED) is 0.914. The van der Waals surface area contributed by atoms with Crippen LogP contribution in [-0.2, 0) is 6.54 Å². The van der Waals surface area contributed by atoms with Crippen LogP contribution in [0.4, 0.5) is 5.69 Å². The van der Waals surface area contributed by atoms with Gasteiger partial charge in [-0.05, 0) is 38.6 Å². The highest BCUT2D eigenvalue weighted by Gasteiger charge is 2.28. The highest BCUT2D eigenvalue weighted by atomic mass is 79.9. The Morgan fingerprint density at radius 3 is 2.89 bits per heavy atom. The Hall–Kier alpha value is -0.190. The molecule has 1 N–H and O–H groups in total. The molecule has 0 aliphatic carbocycles. The largest absolute Gasteiger partial charge is 0.369 e. The number of anilines is 1. The van der Waals surface area contributed by atoms with Crippen LogP contribution in [0.25, 0.3) is 0 Å². The molecule has 2 nitrogen and oxygen atoms in total. The summed E-state index contributed by atoms with van der Waals surface area (Å²) in [6, 6.07) is 6.59. The Labute approximate surface area is 123 Å². The summed E-state index contributed by atoms with van der Waals surface area (Å²) in [7, 11) is 2.00. The van der Waals surface area contributed by atoms with Gasteiger partial charge in [0.05, 0.1) is 0 Å². The molecule has 4 heteroatoms. The summed E-state index contributed by atoms with van der Waals surface area (Å²) in [6.07, 6.45) is 0. The van der Waals surface area contributed by atoms with Crippen LogP contribution in [0, 0.1) is 0 Å². The standard InChI is InChI=1S/C14H21BrN2S/c1-14(2)10-17(6-7-18-14)13-8-12(15)5-4-11(13)9-16-3/h4-5,8,16H,6-7,9-10H2,1-3H3. The molecular weight excluding hydrogens is 308 g/mol. The number of hydrogen-bond donors (Lipinski definition) is 1. The zero-order valence-electron chi connectivity index (χ0n) is 11.3. The van der Waals surface area contributed by atoms with Gasteiger partial charge in [-0.25, -0.2) is 0 Å². The molecule has 1 aromatic carbocycles. The predicted octanol–water partition coefficient (Wildman–Crippen LogP) is 3.50. The van der Waals surface area contributed by atoms with Gasteiger partial charge in [-0.15, -0.1) is 0 Å². The number of thioether (sulfide) groups is 1. The maximum atomic E-state index is 3.59. The minimum atomic E-state index is 0.345. The lowest BCUT2D eigenvalue weighted by atomic mass is 10.1. The van der Waals surface area contributed by atoms with Crippen LogP contribution in [0.15, 0.2) is 22.7 Å². The van der Waals surface area contributed by atoms with Gasteiger partial charge in [0, 0.05) is 40.3 Å². The van der Waals surface area contributed by atoms with E-state index in [1.807, 2.05) is 7.05 Å². The van der Waals surface area contributed by atoms with E-state index in [-0.39, 0.29) is 0 Å². The van der Waals surface area contributed by atoms with Crippen molar-refractivity contribution >= 4 is 33.4 Å². The lowest BCUT2D eigenvalue weighted by molar-refractivity contribution is 0.644. The van der Waals surface area contributed by atoms with E-state index >= 15 is 0 Å². The number of hydrogen-bond acceptors (Lipinski definition) is 3. The van der Waals surface area contributed by atoms with E-state index in [4.69, 9.17) is 0 Å². The molecule has 0 saturated carbocycles. The first-order valence-corrected chi connectivity index (χ1v) is 8.12. The lowest BCUT2D eigenvalue weighted by Gasteiger charge is -2.39. The van der Waals surface area contributed by atoms with Gasteiger partial charge < -0.3 is 10.2 Å². The van der Waals surface area contributed by atoms with E-state index in [0.717, 1.165) is 24.1 Å². The van der Waals surface area contributed by atoms with Gasteiger partial charge in [0.2, 0.25) is 0 Å². The Kier molecular flexibility index (Phi) is 4.62. The Morgan fingerprint density at radius 1 is 1.44 bits per heavy atom. The molecule has 1 aromatic rings. The maximum Gasteiger partial charge on any atom is 0.0423 e. The van der Waals surface area contributed by atoms with Gasteiger partial charge in [0.1, 0.15) is 0 Å². The first-order chi connectivity index (χ1) is 8.52. The third kappa shape index (κ3) is 3.43. The molecular formula is C14H21BrN2S. The van der Waals surface area contributed by atoms with Crippen molar-refractivity contribution in [3.63, 3.8) is 0 Å². The SMILES string of the molecule is CNCc1ccc(Br)cc1N1CCSC(C)(C)C1. The van der Waals surface area contributed by atoms with Gasteiger partial charge in [-0.2, -0.15) is 11.8 Å². The first kappa shape index (κ1) is 14.2. The first-order valence-electron chi connectivity index (χ1n) is 6.34. The summed E-state index contributed by atoms with van der Waals surface area (Å²) >= 11 is 5.66. The lowest BCUT2D eigenvalue weighted by Crippen LogP contribution is -2.43. The average molecular weight is 329 g/mol. The van der Waals surface area contributed by atoms with Crippen molar-refractivity contribution in [2.24, 2.45) is 0 Å². The van der Waals surface area contributed by atoms with Crippen molar-refractivity contribution in [2.45, 2.75) is 25.1 Å². The van der Waals surface area contributed by atoms with Crippen molar-refractivity contribution in [2.75, 3.05) is 30.8 Å². The van der Waals surface area contributed by atoms with E-state index in [0.29, 0.717) is 4.75 Å². The molecule has 0 aromatic heterocycles. The fraction of sp³-hybridized carbons (Fsp3) is 0.571. The van der Waals surface area contributed by atoms with Gasteiger partial charge in [-0.1, -0.05) is 22.0 Å². The van der Waals surface area contributed by atoms with E-state index in [1.54, 1.807) is 0 Å². The number of rotatable bonds is 3. The van der Waals surface area contributed by atoms with E-state index in [2.05, 4.69) is 70.0 Å². The zero-order chi connectivity index (χ0) is 13.2. The summed E-state index contributed by atoms with van der Waals surface area (Å²) in [5.74, 6) is 1.21. The Bertz CT molecular complexity index is 420. The van der Waals surface area contributed by atoms with Crippen LogP contribution < -0.4 is 10.2 Å². The molecule has 1 aliphatic heterocycles. The topological polar surface area (TPSA) is 15.3 Å². The van der Waals surface area contributed by atoms with E-state index in [9.17, 15) is 0 Å². The van der Waals surface area contributed by atoms with Crippen molar-refractivity contribution in [1.82, 2.24) is 5.32 Å². The minimum Gasteiger partial charge on any atom is -0.369 e. The Morgan fingerprint density at radius 2 is 2.22 bits per heavy atom. The number of nitrogens with zero attached hydrogens (tertiary/aromatic N) is 1. The number of benzene rings is 1. The summed E-state index contributed by atoms with van der Waals surface area (Å²) in [6.45, 7) is 7.85. The second-order valence-corrected chi connectivity index (χ2v) is 8.05. The monoisotopic (exact) mass is 328 g/mol. The van der Waals surface area contributed by atoms with Crippen LogP contribution in [0.3, 0.4) is 0 Å². The minimum absolute atomic E-state index is 0.345. The third-order valence-corrected chi connectivity index (χ3v) is 4.97. The summed E-state index contributed by atoms with van der Waals surface area (Å²) in [5.41, 5.74) is 2.75. The number of halogens is 1. The molecule has 0 spiro atoms. The molecule has 1 fully saturated rings. The molecule has 100 valence electrons. The summed E-state index contributed by atoms with van der Waals surface area (Å²) in [4.78, 5) is 2.52. The molecule has 1 heterocycles. The van der Waals surface area contributed by atoms with Gasteiger partial charge in [0.15, 0.2) is 0 Å². The Balaban J connectivity index is 2.28. The fourth-order valence-electron chi connectivity index (χ4n) is 2.39. The molecule has 0 radical (unpaired) electrons. The molecule has 0 atom stereocenters. The van der Waals surface area contributed by atoms with Gasteiger partial charge >= 0.3 is 0 Å². The van der Waals surface area contributed by atoms with Crippen LogP contribution >= 0.6 is 27.7 Å². The van der Waals surface area contributed by atoms with Crippen LogP contribution in [0.1, 0.15) is 19.4 Å². The van der Waals surface area contributed by atoms with Crippen molar-refractivity contribution in [3.05, 3.63) is 28.2 Å². The third-order valence-electron chi connectivity index (χ3n) is 3.18. The molecule has 1 aliphatic rings. The van der Waals surface area contributed by atoms with Crippen molar-refractivity contribution in [1.29, 1.82) is 0 Å². The van der Waals surface area contributed by atoms with Crippen LogP contribution in [0.2, 0.25) is 0 Å². The molecule has 0 amide bonds. The fourth-order valence-corrected chi connectivity index (χ4v) is 3.85. The van der Waals surface area contributed by atoms with Crippen molar-refractivity contribution in [3.8, 4) is 0 Å². The van der Waals surface area contributed by atoms with Gasteiger partial charge in [-0.3, -0.25) is 0 Å². The van der Waals surface area contributed by atoms with Crippen molar-refractivity contribution < 1.29 is 0 Å². The van der Waals surface area contributed by atoms with Crippen LogP contribution in [0.5, 0.6) is 0 Å².